The summed E-state index contributed by atoms with van der Waals surface area (Å²) >= 11 is 5.64. The highest BCUT2D eigenvalue weighted by Crippen LogP contribution is 2.16. The molecule has 1 aromatic rings. The van der Waals surface area contributed by atoms with Crippen molar-refractivity contribution in [1.82, 2.24) is 0 Å². The van der Waals surface area contributed by atoms with E-state index in [0.29, 0.717) is 5.02 Å². The standard InChI is InChI=1S/C11H8ClFO/c1-2-3-4-11(14)9-7-8(12)5-6-10(9)13/h5-7H,4H2,1H3. The van der Waals surface area contributed by atoms with Crippen LogP contribution in [0.1, 0.15) is 23.7 Å². The molecule has 0 unspecified atom stereocenters. The third-order valence-electron chi connectivity index (χ3n) is 1.65. The lowest BCUT2D eigenvalue weighted by atomic mass is 10.1. The number of carbonyl (C=O) groups is 1. The minimum absolute atomic E-state index is 0.000231. The van der Waals surface area contributed by atoms with E-state index < -0.39 is 5.82 Å². The molecule has 0 atom stereocenters. The molecule has 0 saturated heterocycles. The van der Waals surface area contributed by atoms with Crippen LogP contribution in [0.4, 0.5) is 4.39 Å². The molecule has 0 bridgehead atoms. The van der Waals surface area contributed by atoms with Gasteiger partial charge in [-0.15, -0.1) is 5.92 Å². The molecule has 3 heteroatoms. The van der Waals surface area contributed by atoms with Crippen LogP contribution in [0.5, 0.6) is 0 Å². The molecule has 14 heavy (non-hydrogen) atoms. The Morgan fingerprint density at radius 1 is 1.57 bits per heavy atom. The molecule has 0 aliphatic heterocycles. The fourth-order valence-corrected chi connectivity index (χ4v) is 1.15. The van der Waals surface area contributed by atoms with Gasteiger partial charge in [0.1, 0.15) is 5.82 Å². The molecule has 1 nitrogen and oxygen atoms in total. The van der Waals surface area contributed by atoms with Gasteiger partial charge in [0.15, 0.2) is 5.78 Å². The van der Waals surface area contributed by atoms with Gasteiger partial charge in [-0.3, -0.25) is 4.79 Å². The average molecular weight is 211 g/mol. The first-order chi connectivity index (χ1) is 6.65. The number of Topliss-reactive ketones (excluding diaryl/α,β-unsaturated/α-hetero) is 1. The molecule has 1 aromatic carbocycles. The predicted octanol–water partition coefficient (Wildman–Crippen LogP) is 3.08. The summed E-state index contributed by atoms with van der Waals surface area (Å²) in [5.41, 5.74) is 0.000231. The highest BCUT2D eigenvalue weighted by atomic mass is 35.5. The number of rotatable bonds is 2. The molecule has 0 heterocycles. The van der Waals surface area contributed by atoms with Crippen molar-refractivity contribution in [2.75, 3.05) is 0 Å². The Morgan fingerprint density at radius 2 is 2.29 bits per heavy atom. The van der Waals surface area contributed by atoms with Crippen molar-refractivity contribution in [3.8, 4) is 11.8 Å². The molecule has 1 rings (SSSR count). The van der Waals surface area contributed by atoms with Crippen LogP contribution in [-0.2, 0) is 0 Å². The normalized spacial score (nSPS) is 9.07. The zero-order valence-electron chi connectivity index (χ0n) is 7.60. The molecular formula is C11H8ClFO. The summed E-state index contributed by atoms with van der Waals surface area (Å²) in [6.45, 7) is 1.63. The van der Waals surface area contributed by atoms with Crippen molar-refractivity contribution in [3.63, 3.8) is 0 Å². The van der Waals surface area contributed by atoms with Crippen LogP contribution < -0.4 is 0 Å². The topological polar surface area (TPSA) is 17.1 Å². The molecule has 0 saturated carbocycles. The van der Waals surface area contributed by atoms with E-state index in [-0.39, 0.29) is 17.8 Å². The zero-order chi connectivity index (χ0) is 10.6. The van der Waals surface area contributed by atoms with Crippen molar-refractivity contribution < 1.29 is 9.18 Å². The fourth-order valence-electron chi connectivity index (χ4n) is 0.975. The van der Waals surface area contributed by atoms with Gasteiger partial charge in [-0.25, -0.2) is 4.39 Å². The second-order valence-electron chi connectivity index (χ2n) is 2.65. The van der Waals surface area contributed by atoms with Crippen LogP contribution in [0.3, 0.4) is 0 Å². The summed E-state index contributed by atoms with van der Waals surface area (Å²) < 4.78 is 13.1. The van der Waals surface area contributed by atoms with Gasteiger partial charge in [0.25, 0.3) is 0 Å². The molecule has 0 N–H and O–H groups in total. The molecule has 0 fully saturated rings. The van der Waals surface area contributed by atoms with E-state index in [1.807, 2.05) is 0 Å². The Hall–Kier alpha value is -1.33. The molecule has 0 amide bonds. The summed E-state index contributed by atoms with van der Waals surface area (Å²) in [5.74, 6) is 4.25. The molecule has 0 aliphatic carbocycles. The summed E-state index contributed by atoms with van der Waals surface area (Å²) in [4.78, 5) is 11.4. The number of benzene rings is 1. The average Bonchev–Trinajstić information content (AvgIpc) is 2.18. The number of halogens is 2. The van der Waals surface area contributed by atoms with Gasteiger partial charge in [-0.1, -0.05) is 17.5 Å². The Labute approximate surface area is 86.9 Å². The number of carbonyl (C=O) groups excluding carboxylic acids is 1. The first-order valence-corrected chi connectivity index (χ1v) is 4.41. The summed E-state index contributed by atoms with van der Waals surface area (Å²) in [6.07, 6.45) is 0.0216. The van der Waals surface area contributed by atoms with Gasteiger partial charge in [0, 0.05) is 5.02 Å². The first-order valence-electron chi connectivity index (χ1n) is 4.03. The maximum Gasteiger partial charge on any atom is 0.177 e. The van der Waals surface area contributed by atoms with Crippen molar-refractivity contribution >= 4 is 17.4 Å². The highest BCUT2D eigenvalue weighted by molar-refractivity contribution is 6.31. The SMILES string of the molecule is CC#CCC(=O)c1cc(Cl)ccc1F. The quantitative estimate of drug-likeness (QED) is 0.542. The highest BCUT2D eigenvalue weighted by Gasteiger charge is 2.10. The van der Waals surface area contributed by atoms with Crippen LogP contribution in [0.2, 0.25) is 5.02 Å². The summed E-state index contributed by atoms with van der Waals surface area (Å²) in [6, 6.07) is 3.89. The lowest BCUT2D eigenvalue weighted by Gasteiger charge is -1.99. The monoisotopic (exact) mass is 210 g/mol. The van der Waals surface area contributed by atoms with Gasteiger partial charge < -0.3 is 0 Å². The molecular weight excluding hydrogens is 203 g/mol. The van der Waals surface area contributed by atoms with Gasteiger partial charge in [0.05, 0.1) is 12.0 Å². The van der Waals surface area contributed by atoms with E-state index in [4.69, 9.17) is 11.6 Å². The molecule has 0 radical (unpaired) electrons. The van der Waals surface area contributed by atoms with Crippen molar-refractivity contribution in [3.05, 3.63) is 34.6 Å². The molecule has 72 valence electrons. The minimum Gasteiger partial charge on any atom is -0.293 e. The second-order valence-corrected chi connectivity index (χ2v) is 3.09. The summed E-state index contributed by atoms with van der Waals surface area (Å²) in [5, 5.41) is 0.346. The minimum atomic E-state index is -0.558. The Morgan fingerprint density at radius 3 is 2.93 bits per heavy atom. The molecule has 0 aromatic heterocycles. The smallest absolute Gasteiger partial charge is 0.177 e. The predicted molar refractivity (Wildman–Crippen MR) is 53.8 cm³/mol. The van der Waals surface area contributed by atoms with E-state index in [1.54, 1.807) is 6.92 Å². The zero-order valence-corrected chi connectivity index (χ0v) is 8.36. The number of hydrogen-bond donors (Lipinski definition) is 0. The van der Waals surface area contributed by atoms with Gasteiger partial charge in [0.2, 0.25) is 0 Å². The second kappa shape index (κ2) is 4.78. The van der Waals surface area contributed by atoms with E-state index in [0.717, 1.165) is 0 Å². The molecule has 0 spiro atoms. The molecule has 0 aliphatic rings. The van der Waals surface area contributed by atoms with Gasteiger partial charge in [-0.2, -0.15) is 0 Å². The Kier molecular flexibility index (Phi) is 3.67. The van der Waals surface area contributed by atoms with E-state index >= 15 is 0 Å². The van der Waals surface area contributed by atoms with Crippen molar-refractivity contribution in [2.24, 2.45) is 0 Å². The number of hydrogen-bond acceptors (Lipinski definition) is 1. The van der Waals surface area contributed by atoms with Crippen LogP contribution in [-0.4, -0.2) is 5.78 Å². The van der Waals surface area contributed by atoms with Crippen LogP contribution in [0.15, 0.2) is 18.2 Å². The van der Waals surface area contributed by atoms with Crippen molar-refractivity contribution in [2.45, 2.75) is 13.3 Å². The Balaban J connectivity index is 2.98. The third kappa shape index (κ3) is 2.58. The lowest BCUT2D eigenvalue weighted by molar-refractivity contribution is 0.0994. The van der Waals surface area contributed by atoms with Crippen LogP contribution in [0, 0.1) is 17.7 Å². The van der Waals surface area contributed by atoms with E-state index in [9.17, 15) is 9.18 Å². The maximum atomic E-state index is 13.1. The Bertz CT molecular complexity index is 415. The first kappa shape index (κ1) is 10.7. The lowest BCUT2D eigenvalue weighted by Crippen LogP contribution is -2.00. The van der Waals surface area contributed by atoms with E-state index in [2.05, 4.69) is 11.8 Å². The van der Waals surface area contributed by atoms with Gasteiger partial charge >= 0.3 is 0 Å². The number of ketones is 1. The van der Waals surface area contributed by atoms with Crippen LogP contribution >= 0.6 is 11.6 Å². The third-order valence-corrected chi connectivity index (χ3v) is 1.89. The maximum absolute atomic E-state index is 13.1. The van der Waals surface area contributed by atoms with E-state index in [1.165, 1.54) is 18.2 Å². The fraction of sp³-hybridized carbons (Fsp3) is 0.182. The van der Waals surface area contributed by atoms with Gasteiger partial charge in [-0.05, 0) is 25.1 Å². The summed E-state index contributed by atoms with van der Waals surface area (Å²) in [7, 11) is 0. The van der Waals surface area contributed by atoms with Crippen LogP contribution in [0.25, 0.3) is 0 Å². The van der Waals surface area contributed by atoms with Crippen molar-refractivity contribution in [1.29, 1.82) is 0 Å². The largest absolute Gasteiger partial charge is 0.293 e.